The number of carbonyl (C=O) groups is 1. The second-order valence-electron chi connectivity index (χ2n) is 13.4. The molecule has 0 unspecified atom stereocenters. The van der Waals surface area contributed by atoms with Crippen LogP contribution in [-0.2, 0) is 16.1 Å². The molecule has 1 fully saturated rings. The Balaban J connectivity index is 1.59. The summed E-state index contributed by atoms with van der Waals surface area (Å²) in [4.78, 5) is 19.9. The highest BCUT2D eigenvalue weighted by Crippen LogP contribution is 2.45. The summed E-state index contributed by atoms with van der Waals surface area (Å²) >= 11 is 0. The van der Waals surface area contributed by atoms with Crippen LogP contribution in [0.5, 0.6) is 0 Å². The molecule has 1 aliphatic rings. The van der Waals surface area contributed by atoms with Crippen molar-refractivity contribution in [2.24, 2.45) is 5.41 Å². The van der Waals surface area contributed by atoms with Crippen LogP contribution in [0.3, 0.4) is 0 Å². The molecule has 0 spiro atoms. The Morgan fingerprint density at radius 3 is 2.20 bits per heavy atom. The number of aliphatic carboxylic acids is 1. The standard InChI is InChI=1S/C34H41FN6O3/c1-21-27(24-10-12-25(13-11-24)31-37-38-39-41(31)20-23-8-14-26(35)15-9-23)29(40-18-16-34(6,7)17-19-40)28(22(2)36-21)30(32(42)43)44-33(3,4)5/h8-15,30H,16-20H2,1-7H3,(H,42,43)/t30-/m0/s1. The number of rotatable bonds is 8. The zero-order valence-electron chi connectivity index (χ0n) is 26.6. The predicted octanol–water partition coefficient (Wildman–Crippen LogP) is 6.77. The highest BCUT2D eigenvalue weighted by atomic mass is 19.1. The maximum absolute atomic E-state index is 13.4. The fourth-order valence-electron chi connectivity index (χ4n) is 5.82. The van der Waals surface area contributed by atoms with Crippen molar-refractivity contribution in [1.82, 2.24) is 25.2 Å². The first-order valence-electron chi connectivity index (χ1n) is 15.0. The van der Waals surface area contributed by atoms with Crippen LogP contribution in [0.25, 0.3) is 22.5 Å². The zero-order chi connectivity index (χ0) is 31.8. The minimum absolute atomic E-state index is 0.210. The highest BCUT2D eigenvalue weighted by molar-refractivity contribution is 5.88. The monoisotopic (exact) mass is 600 g/mol. The molecular weight excluding hydrogens is 559 g/mol. The lowest BCUT2D eigenvalue weighted by atomic mass is 9.81. The molecule has 0 bridgehead atoms. The molecule has 0 radical (unpaired) electrons. The average Bonchev–Trinajstić information content (AvgIpc) is 3.41. The number of ether oxygens (including phenoxy) is 1. The van der Waals surface area contributed by atoms with Gasteiger partial charge in [-0.2, -0.15) is 0 Å². The number of anilines is 1. The van der Waals surface area contributed by atoms with Gasteiger partial charge in [-0.15, -0.1) is 5.10 Å². The number of piperidine rings is 1. The van der Waals surface area contributed by atoms with E-state index >= 15 is 0 Å². The van der Waals surface area contributed by atoms with Crippen molar-refractivity contribution in [2.75, 3.05) is 18.0 Å². The number of carboxylic acid groups (broad SMARTS) is 1. The van der Waals surface area contributed by atoms with E-state index in [0.29, 0.717) is 23.6 Å². The normalized spacial score (nSPS) is 15.8. The van der Waals surface area contributed by atoms with Crippen LogP contribution < -0.4 is 4.90 Å². The third-order valence-electron chi connectivity index (χ3n) is 8.18. The summed E-state index contributed by atoms with van der Waals surface area (Å²) in [5, 5.41) is 22.7. The minimum atomic E-state index is -1.18. The van der Waals surface area contributed by atoms with Crippen LogP contribution in [0.1, 0.15) is 76.1 Å². The van der Waals surface area contributed by atoms with E-state index in [-0.39, 0.29) is 11.2 Å². The quantitative estimate of drug-likeness (QED) is 0.236. The van der Waals surface area contributed by atoms with E-state index in [1.807, 2.05) is 58.9 Å². The van der Waals surface area contributed by atoms with Gasteiger partial charge in [-0.1, -0.05) is 50.2 Å². The van der Waals surface area contributed by atoms with Gasteiger partial charge in [-0.25, -0.2) is 13.9 Å². The van der Waals surface area contributed by atoms with Gasteiger partial charge in [0.15, 0.2) is 11.9 Å². The molecule has 10 heteroatoms. The van der Waals surface area contributed by atoms with Gasteiger partial charge in [0, 0.05) is 41.2 Å². The number of pyridine rings is 1. The second kappa shape index (κ2) is 12.1. The van der Waals surface area contributed by atoms with Crippen LogP contribution in [0.4, 0.5) is 10.1 Å². The Labute approximate surface area is 258 Å². The summed E-state index contributed by atoms with van der Waals surface area (Å²) in [6.45, 7) is 16.0. The molecule has 3 heterocycles. The van der Waals surface area contributed by atoms with Gasteiger partial charge < -0.3 is 14.7 Å². The van der Waals surface area contributed by atoms with Crippen LogP contribution in [0.2, 0.25) is 0 Å². The highest BCUT2D eigenvalue weighted by Gasteiger charge is 2.36. The van der Waals surface area contributed by atoms with Gasteiger partial charge in [0.25, 0.3) is 0 Å². The number of carboxylic acids is 1. The number of halogens is 1. The second-order valence-corrected chi connectivity index (χ2v) is 13.4. The van der Waals surface area contributed by atoms with Crippen LogP contribution in [0.15, 0.2) is 48.5 Å². The number of benzene rings is 2. The molecule has 1 N–H and O–H groups in total. The van der Waals surface area contributed by atoms with E-state index < -0.39 is 17.7 Å². The molecule has 5 rings (SSSR count). The SMILES string of the molecule is Cc1nc(C)c([C@H](OC(C)(C)C)C(=O)O)c(N2CCC(C)(C)CC2)c1-c1ccc(-c2nnnn2Cc2ccc(F)cc2)cc1. The van der Waals surface area contributed by atoms with E-state index in [2.05, 4.69) is 34.3 Å². The van der Waals surface area contributed by atoms with Crippen molar-refractivity contribution in [3.63, 3.8) is 0 Å². The maximum Gasteiger partial charge on any atom is 0.337 e. The molecule has 0 amide bonds. The molecular formula is C34H41FN6O3. The lowest BCUT2D eigenvalue weighted by Gasteiger charge is -2.41. The molecule has 9 nitrogen and oxygen atoms in total. The predicted molar refractivity (Wildman–Crippen MR) is 168 cm³/mol. The van der Waals surface area contributed by atoms with Crippen molar-refractivity contribution in [3.05, 3.63) is 76.9 Å². The Hall–Kier alpha value is -4.18. The largest absolute Gasteiger partial charge is 0.479 e. The molecule has 0 aliphatic carbocycles. The van der Waals surface area contributed by atoms with Crippen LogP contribution in [0, 0.1) is 25.1 Å². The first kappa shape index (κ1) is 31.3. The third-order valence-corrected chi connectivity index (χ3v) is 8.18. The molecule has 1 atom stereocenters. The van der Waals surface area contributed by atoms with Crippen molar-refractivity contribution >= 4 is 11.7 Å². The van der Waals surface area contributed by atoms with Crippen LogP contribution >= 0.6 is 0 Å². The number of hydrogen-bond acceptors (Lipinski definition) is 7. The lowest BCUT2D eigenvalue weighted by Crippen LogP contribution is -2.39. The average molecular weight is 601 g/mol. The maximum atomic E-state index is 13.4. The van der Waals surface area contributed by atoms with E-state index in [0.717, 1.165) is 59.6 Å². The van der Waals surface area contributed by atoms with Crippen LogP contribution in [-0.4, -0.2) is 55.0 Å². The molecule has 0 saturated carbocycles. The lowest BCUT2D eigenvalue weighted by molar-refractivity contribution is -0.160. The summed E-state index contributed by atoms with van der Waals surface area (Å²) < 4.78 is 21.3. The Kier molecular flexibility index (Phi) is 8.57. The molecule has 232 valence electrons. The summed E-state index contributed by atoms with van der Waals surface area (Å²) in [6.07, 6.45) is 0.793. The van der Waals surface area contributed by atoms with E-state index in [1.165, 1.54) is 12.1 Å². The van der Waals surface area contributed by atoms with Gasteiger partial charge >= 0.3 is 5.97 Å². The van der Waals surface area contributed by atoms with Crippen molar-refractivity contribution < 1.29 is 19.0 Å². The number of aromatic nitrogens is 5. The van der Waals surface area contributed by atoms with Gasteiger partial charge in [-0.05, 0) is 86.6 Å². The zero-order valence-corrected chi connectivity index (χ0v) is 26.6. The van der Waals surface area contributed by atoms with E-state index in [1.54, 1.807) is 16.8 Å². The van der Waals surface area contributed by atoms with Crippen molar-refractivity contribution in [1.29, 1.82) is 0 Å². The molecule has 2 aromatic heterocycles. The summed E-state index contributed by atoms with van der Waals surface area (Å²) in [7, 11) is 0. The Morgan fingerprint density at radius 2 is 1.61 bits per heavy atom. The molecule has 1 saturated heterocycles. The summed E-state index contributed by atoms with van der Waals surface area (Å²) in [5.74, 6) is -0.748. The first-order chi connectivity index (χ1) is 20.7. The number of nitrogens with zero attached hydrogens (tertiary/aromatic N) is 6. The topological polar surface area (TPSA) is 106 Å². The first-order valence-corrected chi connectivity index (χ1v) is 15.0. The molecule has 4 aromatic rings. The fraction of sp³-hybridized carbons (Fsp3) is 0.441. The molecule has 44 heavy (non-hydrogen) atoms. The van der Waals surface area contributed by atoms with E-state index in [9.17, 15) is 14.3 Å². The molecule has 2 aromatic carbocycles. The summed E-state index contributed by atoms with van der Waals surface area (Å²) in [5.41, 5.74) is 5.98. The van der Waals surface area contributed by atoms with E-state index in [4.69, 9.17) is 9.72 Å². The number of aryl methyl sites for hydroxylation is 2. The Morgan fingerprint density at radius 1 is 1.00 bits per heavy atom. The fourth-order valence-corrected chi connectivity index (χ4v) is 5.82. The van der Waals surface area contributed by atoms with Gasteiger partial charge in [0.1, 0.15) is 5.82 Å². The minimum Gasteiger partial charge on any atom is -0.479 e. The third kappa shape index (κ3) is 6.80. The van der Waals surface area contributed by atoms with Gasteiger partial charge in [-0.3, -0.25) is 4.98 Å². The van der Waals surface area contributed by atoms with Gasteiger partial charge in [0.2, 0.25) is 0 Å². The Bertz CT molecular complexity index is 1630. The van der Waals surface area contributed by atoms with Crippen molar-refractivity contribution in [2.45, 2.75) is 79.6 Å². The smallest absolute Gasteiger partial charge is 0.337 e. The number of hydrogen-bond donors (Lipinski definition) is 1. The summed E-state index contributed by atoms with van der Waals surface area (Å²) in [6, 6.07) is 14.2. The molecule has 1 aliphatic heterocycles. The van der Waals surface area contributed by atoms with Crippen molar-refractivity contribution in [3.8, 4) is 22.5 Å². The van der Waals surface area contributed by atoms with Gasteiger partial charge in [0.05, 0.1) is 17.8 Å². The number of tetrazole rings is 1.